The summed E-state index contributed by atoms with van der Waals surface area (Å²) < 4.78 is 24.0. The van der Waals surface area contributed by atoms with Gasteiger partial charge in [-0.1, -0.05) is 26.7 Å². The van der Waals surface area contributed by atoms with Gasteiger partial charge in [0.15, 0.2) is 0 Å². The van der Waals surface area contributed by atoms with E-state index < -0.39 is 10.0 Å². The van der Waals surface area contributed by atoms with Gasteiger partial charge in [-0.05, 0) is 12.8 Å². The Bertz CT molecular complexity index is 315. The molecule has 1 amide bonds. The lowest BCUT2D eigenvalue weighted by Gasteiger charge is -2.18. The topological polar surface area (TPSA) is 66.5 Å². The highest BCUT2D eigenvalue weighted by Crippen LogP contribution is 1.99. The Morgan fingerprint density at radius 3 is 2.29 bits per heavy atom. The molecule has 0 unspecified atom stereocenters. The number of carbonyl (C=O) groups excluding carboxylic acids is 1. The second-order valence-electron chi connectivity index (χ2n) is 4.15. The minimum Gasteiger partial charge on any atom is -0.355 e. The fourth-order valence-corrected chi connectivity index (χ4v) is 2.30. The van der Waals surface area contributed by atoms with Gasteiger partial charge in [0.1, 0.15) is 0 Å². The first kappa shape index (κ1) is 16.4. The molecule has 0 aliphatic rings. The lowest BCUT2D eigenvalue weighted by atomic mass is 10.2. The lowest BCUT2D eigenvalue weighted by Crippen LogP contribution is -2.40. The largest absolute Gasteiger partial charge is 0.355 e. The summed E-state index contributed by atoms with van der Waals surface area (Å²) in [5.74, 6) is -0.222. The predicted octanol–water partition coefficient (Wildman–Crippen LogP) is 0.964. The smallest absolute Gasteiger partial charge is 0.235 e. The molecule has 5 nitrogen and oxygen atoms in total. The summed E-state index contributed by atoms with van der Waals surface area (Å²) in [6, 6.07) is 0. The van der Waals surface area contributed by atoms with Gasteiger partial charge in [0.05, 0.1) is 12.8 Å². The van der Waals surface area contributed by atoms with E-state index >= 15 is 0 Å². The molecule has 0 atom stereocenters. The van der Waals surface area contributed by atoms with Gasteiger partial charge in [0.2, 0.25) is 15.9 Å². The minimum atomic E-state index is -3.28. The predicted molar refractivity (Wildman–Crippen MR) is 69.2 cm³/mol. The van der Waals surface area contributed by atoms with Crippen LogP contribution < -0.4 is 5.32 Å². The molecule has 0 aromatic rings. The van der Waals surface area contributed by atoms with Crippen molar-refractivity contribution >= 4 is 15.9 Å². The summed E-state index contributed by atoms with van der Waals surface area (Å²) in [5.41, 5.74) is 0. The van der Waals surface area contributed by atoms with Gasteiger partial charge < -0.3 is 5.32 Å². The summed E-state index contributed by atoms with van der Waals surface area (Å²) >= 11 is 0. The first-order chi connectivity index (χ1) is 7.91. The first-order valence-electron chi connectivity index (χ1n) is 6.13. The average Bonchev–Trinajstić information content (AvgIpc) is 2.22. The van der Waals surface area contributed by atoms with Gasteiger partial charge in [-0.15, -0.1) is 0 Å². The first-order valence-corrected chi connectivity index (χ1v) is 7.98. The summed E-state index contributed by atoms with van der Waals surface area (Å²) in [6.45, 7) is 4.92. The Balaban J connectivity index is 4.05. The molecule has 0 aromatic heterocycles. The second-order valence-corrected chi connectivity index (χ2v) is 6.14. The number of amides is 1. The maximum atomic E-state index is 11.5. The summed E-state index contributed by atoms with van der Waals surface area (Å²) in [6.07, 6.45) is 4.95. The van der Waals surface area contributed by atoms with Crippen molar-refractivity contribution in [2.75, 3.05) is 25.9 Å². The molecule has 17 heavy (non-hydrogen) atoms. The van der Waals surface area contributed by atoms with E-state index in [-0.39, 0.29) is 12.5 Å². The van der Waals surface area contributed by atoms with Crippen LogP contribution in [0.1, 0.15) is 39.5 Å². The Hall–Kier alpha value is -0.620. The molecule has 102 valence electrons. The number of sulfonamides is 1. The van der Waals surface area contributed by atoms with Crippen molar-refractivity contribution in [1.82, 2.24) is 9.62 Å². The number of nitrogens with one attached hydrogen (secondary N) is 1. The van der Waals surface area contributed by atoms with Crippen LogP contribution in [0.2, 0.25) is 0 Å². The lowest BCUT2D eigenvalue weighted by molar-refractivity contribution is -0.121. The zero-order valence-electron chi connectivity index (χ0n) is 11.0. The zero-order chi connectivity index (χ0) is 13.3. The molecular formula is C11H24N2O3S. The van der Waals surface area contributed by atoms with Gasteiger partial charge in [-0.25, -0.2) is 8.42 Å². The molecule has 0 aromatic carbocycles. The number of carbonyl (C=O) groups is 1. The quantitative estimate of drug-likeness (QED) is 0.631. The van der Waals surface area contributed by atoms with Crippen LogP contribution in [0.3, 0.4) is 0 Å². The molecule has 0 heterocycles. The summed E-state index contributed by atoms with van der Waals surface area (Å²) in [4.78, 5) is 11.5. The molecule has 6 heteroatoms. The van der Waals surface area contributed by atoms with Crippen LogP contribution >= 0.6 is 0 Å². The van der Waals surface area contributed by atoms with Crippen LogP contribution in [0.25, 0.3) is 0 Å². The fraction of sp³-hybridized carbons (Fsp3) is 0.909. The van der Waals surface area contributed by atoms with E-state index in [2.05, 4.69) is 12.2 Å². The van der Waals surface area contributed by atoms with Crippen molar-refractivity contribution in [3.05, 3.63) is 0 Å². The van der Waals surface area contributed by atoms with Crippen molar-refractivity contribution in [2.24, 2.45) is 0 Å². The maximum Gasteiger partial charge on any atom is 0.235 e. The normalized spacial score (nSPS) is 11.8. The molecule has 0 spiro atoms. The van der Waals surface area contributed by atoms with Crippen molar-refractivity contribution in [3.8, 4) is 0 Å². The second kappa shape index (κ2) is 8.47. The van der Waals surface area contributed by atoms with Crippen LogP contribution in [0, 0.1) is 0 Å². The highest BCUT2D eigenvalue weighted by atomic mass is 32.2. The zero-order valence-corrected chi connectivity index (χ0v) is 11.8. The van der Waals surface area contributed by atoms with Crippen molar-refractivity contribution in [1.29, 1.82) is 0 Å². The number of rotatable bonds is 9. The molecule has 0 aliphatic heterocycles. The molecule has 1 N–H and O–H groups in total. The Labute approximate surface area is 105 Å². The van der Waals surface area contributed by atoms with Crippen LogP contribution in [0.15, 0.2) is 0 Å². The third kappa shape index (κ3) is 8.15. The number of unbranched alkanes of at least 4 members (excludes halogenated alkanes) is 2. The molecule has 0 radical (unpaired) electrons. The Morgan fingerprint density at radius 2 is 1.82 bits per heavy atom. The Kier molecular flexibility index (Phi) is 8.16. The van der Waals surface area contributed by atoms with Gasteiger partial charge in [-0.2, -0.15) is 4.31 Å². The van der Waals surface area contributed by atoms with E-state index in [0.717, 1.165) is 25.5 Å². The van der Waals surface area contributed by atoms with E-state index in [1.807, 2.05) is 6.92 Å². The SMILES string of the molecule is CCCCCNC(=O)CN(CCC)S(C)(=O)=O. The third-order valence-corrected chi connectivity index (χ3v) is 3.61. The molecular weight excluding hydrogens is 240 g/mol. The molecule has 0 saturated carbocycles. The highest BCUT2D eigenvalue weighted by Gasteiger charge is 2.18. The fourth-order valence-electron chi connectivity index (χ4n) is 1.43. The van der Waals surface area contributed by atoms with Crippen molar-refractivity contribution < 1.29 is 13.2 Å². The molecule has 0 aliphatic carbocycles. The van der Waals surface area contributed by atoms with Crippen LogP contribution in [0.5, 0.6) is 0 Å². The van der Waals surface area contributed by atoms with Crippen LogP contribution in [-0.4, -0.2) is 44.5 Å². The third-order valence-electron chi connectivity index (χ3n) is 2.36. The van der Waals surface area contributed by atoms with E-state index in [0.29, 0.717) is 19.5 Å². The average molecular weight is 264 g/mol. The van der Waals surface area contributed by atoms with E-state index in [1.54, 1.807) is 0 Å². The van der Waals surface area contributed by atoms with Crippen LogP contribution in [0.4, 0.5) is 0 Å². The molecule has 0 fully saturated rings. The van der Waals surface area contributed by atoms with Crippen molar-refractivity contribution in [3.63, 3.8) is 0 Å². The van der Waals surface area contributed by atoms with E-state index in [4.69, 9.17) is 0 Å². The van der Waals surface area contributed by atoms with Gasteiger partial charge >= 0.3 is 0 Å². The standard InChI is InChI=1S/C11H24N2O3S/c1-4-6-7-8-12-11(14)10-13(9-5-2)17(3,15)16/h4-10H2,1-3H3,(H,12,14). The number of hydrogen-bond donors (Lipinski definition) is 1. The molecule has 0 rings (SSSR count). The van der Waals surface area contributed by atoms with Crippen molar-refractivity contribution in [2.45, 2.75) is 39.5 Å². The van der Waals surface area contributed by atoms with Gasteiger partial charge in [0, 0.05) is 13.1 Å². The monoisotopic (exact) mass is 264 g/mol. The summed E-state index contributed by atoms with van der Waals surface area (Å²) in [5, 5.41) is 2.73. The van der Waals surface area contributed by atoms with Gasteiger partial charge in [0.25, 0.3) is 0 Å². The van der Waals surface area contributed by atoms with E-state index in [9.17, 15) is 13.2 Å². The van der Waals surface area contributed by atoms with Crippen LogP contribution in [-0.2, 0) is 14.8 Å². The molecule has 0 bridgehead atoms. The number of nitrogens with zero attached hydrogens (tertiary/aromatic N) is 1. The minimum absolute atomic E-state index is 0.0706. The number of hydrogen-bond acceptors (Lipinski definition) is 3. The van der Waals surface area contributed by atoms with E-state index in [1.165, 1.54) is 4.31 Å². The van der Waals surface area contributed by atoms with Gasteiger partial charge in [-0.3, -0.25) is 4.79 Å². The maximum absolute atomic E-state index is 11.5. The summed E-state index contributed by atoms with van der Waals surface area (Å²) in [7, 11) is -3.28. The molecule has 0 saturated heterocycles. The Morgan fingerprint density at radius 1 is 1.18 bits per heavy atom. The highest BCUT2D eigenvalue weighted by molar-refractivity contribution is 7.88.